The molecule has 9 heteroatoms. The zero-order valence-electron chi connectivity index (χ0n) is 14.5. The molecule has 2 rings (SSSR count). The Morgan fingerprint density at radius 3 is 2.37 bits per heavy atom. The number of amides is 2. The van der Waals surface area contributed by atoms with Gasteiger partial charge in [-0.05, 0) is 36.4 Å². The van der Waals surface area contributed by atoms with E-state index >= 15 is 0 Å². The zero-order chi connectivity index (χ0) is 20.0. The molecule has 0 fully saturated rings. The summed E-state index contributed by atoms with van der Waals surface area (Å²) in [5.41, 5.74) is 0.420. The quantitative estimate of drug-likeness (QED) is 0.709. The number of rotatable bonds is 7. The topological polar surface area (TPSA) is 83.6 Å². The Balaban J connectivity index is 1.88. The second-order valence-electron chi connectivity index (χ2n) is 5.80. The molecule has 0 bridgehead atoms. The Hall–Kier alpha value is -2.45. The van der Waals surface area contributed by atoms with Crippen molar-refractivity contribution < 1.29 is 22.4 Å². The molecule has 1 N–H and O–H groups in total. The van der Waals surface area contributed by atoms with Gasteiger partial charge in [-0.15, -0.1) is 0 Å². The predicted octanol–water partition coefficient (Wildman–Crippen LogP) is 2.74. The van der Waals surface area contributed by atoms with Gasteiger partial charge in [0.15, 0.2) is 9.84 Å². The third kappa shape index (κ3) is 6.04. The summed E-state index contributed by atoms with van der Waals surface area (Å²) < 4.78 is 37.3. The lowest BCUT2D eigenvalue weighted by atomic mass is 10.3. The Kier molecular flexibility index (Phi) is 6.92. The molecular formula is C18H18ClFN2O4S. The van der Waals surface area contributed by atoms with Gasteiger partial charge in [-0.25, -0.2) is 12.8 Å². The SMILES string of the molecule is CN(CC(=O)Nc1ccccc1Cl)C(=O)CCS(=O)(=O)c1ccc(F)cc1. The van der Waals surface area contributed by atoms with E-state index in [2.05, 4.69) is 5.32 Å². The van der Waals surface area contributed by atoms with Crippen molar-refractivity contribution in [2.24, 2.45) is 0 Å². The van der Waals surface area contributed by atoms with Crippen molar-refractivity contribution in [3.05, 3.63) is 59.4 Å². The van der Waals surface area contributed by atoms with Crippen LogP contribution in [0.3, 0.4) is 0 Å². The van der Waals surface area contributed by atoms with E-state index in [9.17, 15) is 22.4 Å². The second kappa shape index (κ2) is 8.96. The average Bonchev–Trinajstić information content (AvgIpc) is 2.62. The van der Waals surface area contributed by atoms with Gasteiger partial charge >= 0.3 is 0 Å². The predicted molar refractivity (Wildman–Crippen MR) is 101 cm³/mol. The van der Waals surface area contributed by atoms with Gasteiger partial charge in [0.05, 0.1) is 27.9 Å². The summed E-state index contributed by atoms with van der Waals surface area (Å²) in [6, 6.07) is 11.0. The molecule has 0 aliphatic rings. The third-order valence-corrected chi connectivity index (χ3v) is 5.77. The molecule has 0 aliphatic carbocycles. The maximum atomic E-state index is 12.9. The van der Waals surface area contributed by atoms with Gasteiger partial charge in [0.2, 0.25) is 11.8 Å². The van der Waals surface area contributed by atoms with Gasteiger partial charge in [-0.2, -0.15) is 0 Å². The number of hydrogen-bond donors (Lipinski definition) is 1. The summed E-state index contributed by atoms with van der Waals surface area (Å²) in [4.78, 5) is 25.2. The number of likely N-dealkylation sites (N-methyl/N-ethyl adjacent to an activating group) is 1. The van der Waals surface area contributed by atoms with Crippen molar-refractivity contribution in [2.75, 3.05) is 24.7 Å². The number of anilines is 1. The number of carbonyl (C=O) groups excluding carboxylic acids is 2. The van der Waals surface area contributed by atoms with Crippen LogP contribution in [0.2, 0.25) is 5.02 Å². The van der Waals surface area contributed by atoms with Crippen molar-refractivity contribution in [1.29, 1.82) is 0 Å². The maximum Gasteiger partial charge on any atom is 0.244 e. The molecule has 6 nitrogen and oxygen atoms in total. The normalized spacial score (nSPS) is 11.1. The smallest absolute Gasteiger partial charge is 0.244 e. The van der Waals surface area contributed by atoms with Crippen LogP contribution in [0.25, 0.3) is 0 Å². The van der Waals surface area contributed by atoms with Crippen LogP contribution in [0.5, 0.6) is 0 Å². The molecule has 144 valence electrons. The van der Waals surface area contributed by atoms with Crippen molar-refractivity contribution in [1.82, 2.24) is 4.90 Å². The Morgan fingerprint density at radius 1 is 1.11 bits per heavy atom. The highest BCUT2D eigenvalue weighted by molar-refractivity contribution is 7.91. The number of para-hydroxylation sites is 1. The summed E-state index contributed by atoms with van der Waals surface area (Å²) >= 11 is 5.95. The lowest BCUT2D eigenvalue weighted by molar-refractivity contribution is -0.132. The lowest BCUT2D eigenvalue weighted by Gasteiger charge is -2.17. The molecule has 2 aromatic carbocycles. The lowest BCUT2D eigenvalue weighted by Crippen LogP contribution is -2.35. The van der Waals surface area contributed by atoms with Crippen LogP contribution in [0, 0.1) is 5.82 Å². The standard InChI is InChI=1S/C18H18ClFN2O4S/c1-22(12-17(23)21-16-5-3-2-4-15(16)19)18(24)10-11-27(25,26)14-8-6-13(20)7-9-14/h2-9H,10-12H2,1H3,(H,21,23). The first-order valence-electron chi connectivity index (χ1n) is 7.96. The Bertz CT molecular complexity index is 933. The van der Waals surface area contributed by atoms with E-state index in [-0.39, 0.29) is 17.9 Å². The summed E-state index contributed by atoms with van der Waals surface area (Å²) in [7, 11) is -2.32. The largest absolute Gasteiger partial charge is 0.336 e. The van der Waals surface area contributed by atoms with Crippen LogP contribution in [-0.4, -0.2) is 44.5 Å². The summed E-state index contributed by atoms with van der Waals surface area (Å²) in [5, 5.41) is 2.95. The molecule has 0 radical (unpaired) electrons. The average molecular weight is 413 g/mol. The number of nitrogens with zero attached hydrogens (tertiary/aromatic N) is 1. The van der Waals surface area contributed by atoms with Crippen molar-refractivity contribution in [3.8, 4) is 0 Å². The molecule has 0 unspecified atom stereocenters. The van der Waals surface area contributed by atoms with Crippen LogP contribution in [0.15, 0.2) is 53.4 Å². The highest BCUT2D eigenvalue weighted by Crippen LogP contribution is 2.20. The van der Waals surface area contributed by atoms with E-state index in [0.717, 1.165) is 29.2 Å². The summed E-state index contributed by atoms with van der Waals surface area (Å²) in [5.74, 6) is -1.95. The van der Waals surface area contributed by atoms with Crippen molar-refractivity contribution >= 4 is 38.9 Å². The number of sulfone groups is 1. The van der Waals surface area contributed by atoms with E-state index in [4.69, 9.17) is 11.6 Å². The fraction of sp³-hybridized carbons (Fsp3) is 0.222. The molecule has 0 aromatic heterocycles. The van der Waals surface area contributed by atoms with Gasteiger partial charge in [-0.1, -0.05) is 23.7 Å². The molecular weight excluding hydrogens is 395 g/mol. The number of nitrogens with one attached hydrogen (secondary N) is 1. The molecule has 0 heterocycles. The van der Waals surface area contributed by atoms with Gasteiger partial charge < -0.3 is 10.2 Å². The van der Waals surface area contributed by atoms with Crippen LogP contribution < -0.4 is 5.32 Å². The maximum absolute atomic E-state index is 12.9. The highest BCUT2D eigenvalue weighted by atomic mass is 35.5. The summed E-state index contributed by atoms with van der Waals surface area (Å²) in [6.07, 6.45) is -0.296. The number of benzene rings is 2. The van der Waals surface area contributed by atoms with Crippen LogP contribution in [0.1, 0.15) is 6.42 Å². The Labute approximate surface area is 161 Å². The number of hydrogen-bond acceptors (Lipinski definition) is 4. The molecule has 0 spiro atoms. The minimum Gasteiger partial charge on any atom is -0.336 e. The Morgan fingerprint density at radius 2 is 1.74 bits per heavy atom. The van der Waals surface area contributed by atoms with Crippen LogP contribution >= 0.6 is 11.6 Å². The van der Waals surface area contributed by atoms with E-state index < -0.39 is 33.2 Å². The van der Waals surface area contributed by atoms with Gasteiger partial charge in [0.1, 0.15) is 5.82 Å². The van der Waals surface area contributed by atoms with Gasteiger partial charge in [0.25, 0.3) is 0 Å². The van der Waals surface area contributed by atoms with Crippen molar-refractivity contribution in [2.45, 2.75) is 11.3 Å². The van der Waals surface area contributed by atoms with Gasteiger partial charge in [0, 0.05) is 13.5 Å². The molecule has 2 aromatic rings. The minimum atomic E-state index is -3.72. The number of halogens is 2. The van der Waals surface area contributed by atoms with Crippen LogP contribution in [0.4, 0.5) is 10.1 Å². The fourth-order valence-electron chi connectivity index (χ4n) is 2.23. The fourth-order valence-corrected chi connectivity index (χ4v) is 3.64. The monoisotopic (exact) mass is 412 g/mol. The van der Waals surface area contributed by atoms with E-state index in [0.29, 0.717) is 10.7 Å². The molecule has 27 heavy (non-hydrogen) atoms. The zero-order valence-corrected chi connectivity index (χ0v) is 16.1. The first-order chi connectivity index (χ1) is 12.7. The molecule has 0 aliphatic heterocycles. The van der Waals surface area contributed by atoms with Crippen molar-refractivity contribution in [3.63, 3.8) is 0 Å². The highest BCUT2D eigenvalue weighted by Gasteiger charge is 2.19. The summed E-state index contributed by atoms with van der Waals surface area (Å²) in [6.45, 7) is -0.249. The third-order valence-electron chi connectivity index (χ3n) is 3.71. The molecule has 0 saturated carbocycles. The first-order valence-corrected chi connectivity index (χ1v) is 9.99. The molecule has 0 atom stereocenters. The minimum absolute atomic E-state index is 0.0594. The first kappa shape index (κ1) is 20.9. The van der Waals surface area contributed by atoms with Gasteiger partial charge in [-0.3, -0.25) is 9.59 Å². The van der Waals surface area contributed by atoms with Crippen LogP contribution in [-0.2, 0) is 19.4 Å². The van der Waals surface area contributed by atoms with E-state index in [1.165, 1.54) is 7.05 Å². The molecule has 0 saturated heterocycles. The number of carbonyl (C=O) groups is 2. The van der Waals surface area contributed by atoms with E-state index in [1.54, 1.807) is 24.3 Å². The second-order valence-corrected chi connectivity index (χ2v) is 8.32. The van der Waals surface area contributed by atoms with E-state index in [1.807, 2.05) is 0 Å². The molecule has 2 amide bonds.